The number of carbonyl (C=O) groups is 3. The normalized spacial score (nSPS) is 37.1. The van der Waals surface area contributed by atoms with Crippen LogP contribution in [-0.2, 0) is 9.59 Å². The maximum atomic E-state index is 12.4. The van der Waals surface area contributed by atoms with Crippen LogP contribution in [0.1, 0.15) is 26.2 Å². The van der Waals surface area contributed by atoms with Crippen molar-refractivity contribution in [2.75, 3.05) is 33.7 Å². The molecule has 7 nitrogen and oxygen atoms in total. The maximum Gasteiger partial charge on any atom is 0.324 e. The van der Waals surface area contributed by atoms with Gasteiger partial charge in [-0.25, -0.2) is 4.79 Å². The molecule has 3 fully saturated rings. The van der Waals surface area contributed by atoms with E-state index >= 15 is 0 Å². The van der Waals surface area contributed by atoms with Gasteiger partial charge in [-0.2, -0.15) is 0 Å². The molecule has 7 heteroatoms. The van der Waals surface area contributed by atoms with Crippen LogP contribution >= 0.6 is 0 Å². The quantitative estimate of drug-likeness (QED) is 0.721. The molecule has 3 saturated heterocycles. The Balaban J connectivity index is 1.75. The highest BCUT2D eigenvalue weighted by atomic mass is 16.2. The van der Waals surface area contributed by atoms with Gasteiger partial charge < -0.3 is 10.2 Å². The predicted molar refractivity (Wildman–Crippen MR) is 80.0 cm³/mol. The number of hydrogen-bond acceptors (Lipinski definition) is 4. The average Bonchev–Trinajstić information content (AvgIpc) is 2.94. The van der Waals surface area contributed by atoms with Crippen LogP contribution in [0.3, 0.4) is 0 Å². The Morgan fingerprint density at radius 3 is 2.41 bits per heavy atom. The second kappa shape index (κ2) is 5.22. The number of likely N-dealkylation sites (N-methyl/N-ethyl adjacent to an activating group) is 2. The smallest absolute Gasteiger partial charge is 0.324 e. The van der Waals surface area contributed by atoms with Crippen molar-refractivity contribution in [1.29, 1.82) is 0 Å². The molecular weight excluding hydrogens is 284 g/mol. The van der Waals surface area contributed by atoms with E-state index in [4.69, 9.17) is 0 Å². The van der Waals surface area contributed by atoms with Crippen molar-refractivity contribution in [3.63, 3.8) is 0 Å². The minimum atomic E-state index is -0.849. The summed E-state index contributed by atoms with van der Waals surface area (Å²) in [7, 11) is 3.35. The summed E-state index contributed by atoms with van der Waals surface area (Å²) >= 11 is 0. The Morgan fingerprint density at radius 2 is 1.86 bits per heavy atom. The van der Waals surface area contributed by atoms with E-state index in [1.807, 2.05) is 14.0 Å². The minimum Gasteiger partial charge on any atom is -0.344 e. The zero-order chi connectivity index (χ0) is 16.1. The standard InChI is InChI=1S/C15H24N4O3/c1-15(13(21)18(3)14(22)16-15)10-5-4-7-19(9-10)11-6-8-17(2)12(11)20/h10-11H,4-9H2,1-3H3,(H,16,22). The van der Waals surface area contributed by atoms with Gasteiger partial charge in [-0.05, 0) is 32.7 Å². The van der Waals surface area contributed by atoms with Gasteiger partial charge in [0.2, 0.25) is 5.91 Å². The van der Waals surface area contributed by atoms with Gasteiger partial charge in [-0.3, -0.25) is 19.4 Å². The van der Waals surface area contributed by atoms with Crippen LogP contribution in [0.4, 0.5) is 4.79 Å². The van der Waals surface area contributed by atoms with Crippen molar-refractivity contribution in [3.05, 3.63) is 0 Å². The number of nitrogens with one attached hydrogen (secondary N) is 1. The lowest BCUT2D eigenvalue weighted by molar-refractivity contribution is -0.134. The molecule has 3 aliphatic rings. The van der Waals surface area contributed by atoms with E-state index < -0.39 is 5.54 Å². The molecule has 0 spiro atoms. The van der Waals surface area contributed by atoms with Crippen LogP contribution in [0.25, 0.3) is 0 Å². The van der Waals surface area contributed by atoms with Crippen molar-refractivity contribution < 1.29 is 14.4 Å². The number of carbonyl (C=O) groups excluding carboxylic acids is 3. The van der Waals surface area contributed by atoms with Crippen LogP contribution in [-0.4, -0.2) is 77.9 Å². The van der Waals surface area contributed by atoms with Crippen LogP contribution in [0.15, 0.2) is 0 Å². The molecule has 22 heavy (non-hydrogen) atoms. The minimum absolute atomic E-state index is 0.0429. The molecule has 0 radical (unpaired) electrons. The van der Waals surface area contributed by atoms with Gasteiger partial charge in [0, 0.05) is 33.1 Å². The molecule has 122 valence electrons. The first-order valence-corrected chi connectivity index (χ1v) is 7.94. The molecule has 0 aromatic carbocycles. The number of imide groups is 1. The van der Waals surface area contributed by atoms with E-state index in [0.29, 0.717) is 6.54 Å². The van der Waals surface area contributed by atoms with E-state index in [-0.39, 0.29) is 29.8 Å². The third-order valence-electron chi connectivity index (χ3n) is 5.53. The van der Waals surface area contributed by atoms with Gasteiger partial charge in [0.1, 0.15) is 5.54 Å². The highest BCUT2D eigenvalue weighted by Gasteiger charge is 2.52. The summed E-state index contributed by atoms with van der Waals surface area (Å²) < 4.78 is 0. The molecule has 3 aliphatic heterocycles. The first-order chi connectivity index (χ1) is 10.3. The first kappa shape index (κ1) is 15.3. The lowest BCUT2D eigenvalue weighted by atomic mass is 9.79. The van der Waals surface area contributed by atoms with Crippen molar-refractivity contribution in [1.82, 2.24) is 20.0 Å². The number of piperidine rings is 1. The number of urea groups is 1. The molecule has 0 bridgehead atoms. The van der Waals surface area contributed by atoms with Crippen molar-refractivity contribution in [2.45, 2.75) is 37.8 Å². The highest BCUT2D eigenvalue weighted by Crippen LogP contribution is 2.33. The number of likely N-dealkylation sites (tertiary alicyclic amines) is 2. The Morgan fingerprint density at radius 1 is 1.14 bits per heavy atom. The molecule has 3 atom stereocenters. The fraction of sp³-hybridized carbons (Fsp3) is 0.800. The molecule has 1 N–H and O–H groups in total. The molecule has 0 aromatic rings. The molecular formula is C15H24N4O3. The lowest BCUT2D eigenvalue weighted by Crippen LogP contribution is -2.57. The second-order valence-electron chi connectivity index (χ2n) is 6.90. The third-order valence-corrected chi connectivity index (χ3v) is 5.53. The fourth-order valence-electron chi connectivity index (χ4n) is 3.98. The largest absolute Gasteiger partial charge is 0.344 e. The summed E-state index contributed by atoms with van der Waals surface area (Å²) in [6, 6.07) is -0.400. The molecule has 0 saturated carbocycles. The number of rotatable bonds is 2. The van der Waals surface area contributed by atoms with Gasteiger partial charge in [-0.15, -0.1) is 0 Å². The van der Waals surface area contributed by atoms with Crippen molar-refractivity contribution in [3.8, 4) is 0 Å². The molecule has 0 aromatic heterocycles. The van der Waals surface area contributed by atoms with Gasteiger partial charge in [0.05, 0.1) is 6.04 Å². The zero-order valence-electron chi connectivity index (χ0n) is 13.5. The van der Waals surface area contributed by atoms with Crippen LogP contribution in [0.5, 0.6) is 0 Å². The van der Waals surface area contributed by atoms with Crippen molar-refractivity contribution >= 4 is 17.8 Å². The third kappa shape index (κ3) is 2.18. The van der Waals surface area contributed by atoms with Gasteiger partial charge in [0.15, 0.2) is 0 Å². The van der Waals surface area contributed by atoms with E-state index in [1.54, 1.807) is 4.90 Å². The predicted octanol–water partition coefficient (Wildman–Crippen LogP) is -0.131. The van der Waals surface area contributed by atoms with E-state index in [1.165, 1.54) is 7.05 Å². The summed E-state index contributed by atoms with van der Waals surface area (Å²) in [5.41, 5.74) is -0.849. The first-order valence-electron chi connectivity index (χ1n) is 7.94. The molecule has 3 unspecified atom stereocenters. The Hall–Kier alpha value is -1.63. The number of amides is 4. The Bertz CT molecular complexity index is 523. The molecule has 4 amide bonds. The number of hydrogen-bond donors (Lipinski definition) is 1. The topological polar surface area (TPSA) is 73.0 Å². The van der Waals surface area contributed by atoms with E-state index in [0.717, 1.165) is 37.3 Å². The summed E-state index contributed by atoms with van der Waals surface area (Å²) in [5, 5.41) is 2.85. The summed E-state index contributed by atoms with van der Waals surface area (Å²) in [5.74, 6) is 0.0466. The van der Waals surface area contributed by atoms with Gasteiger partial charge in [-0.1, -0.05) is 0 Å². The van der Waals surface area contributed by atoms with Crippen LogP contribution in [0, 0.1) is 5.92 Å². The Labute approximate surface area is 130 Å². The van der Waals surface area contributed by atoms with E-state index in [2.05, 4.69) is 10.2 Å². The molecule has 0 aliphatic carbocycles. The van der Waals surface area contributed by atoms with Gasteiger partial charge >= 0.3 is 6.03 Å². The Kier molecular flexibility index (Phi) is 3.63. The molecule has 3 heterocycles. The fourth-order valence-corrected chi connectivity index (χ4v) is 3.98. The van der Waals surface area contributed by atoms with Crippen molar-refractivity contribution in [2.24, 2.45) is 5.92 Å². The average molecular weight is 308 g/mol. The maximum absolute atomic E-state index is 12.4. The van der Waals surface area contributed by atoms with Crippen LogP contribution in [0.2, 0.25) is 0 Å². The monoisotopic (exact) mass is 308 g/mol. The zero-order valence-corrected chi connectivity index (χ0v) is 13.5. The van der Waals surface area contributed by atoms with Gasteiger partial charge in [0.25, 0.3) is 5.91 Å². The summed E-state index contributed by atoms with van der Waals surface area (Å²) in [6.45, 7) is 4.17. The molecule has 3 rings (SSSR count). The highest BCUT2D eigenvalue weighted by molar-refractivity contribution is 6.06. The lowest BCUT2D eigenvalue weighted by Gasteiger charge is -2.41. The SMILES string of the molecule is CN1CCC(N2CCCC(C3(C)NC(=O)N(C)C3=O)C2)C1=O. The summed E-state index contributed by atoms with van der Waals surface area (Å²) in [4.78, 5) is 41.6. The number of nitrogens with zero attached hydrogens (tertiary/aromatic N) is 3. The van der Waals surface area contributed by atoms with Crippen LogP contribution < -0.4 is 5.32 Å². The second-order valence-corrected chi connectivity index (χ2v) is 6.90. The summed E-state index contributed by atoms with van der Waals surface area (Å²) in [6.07, 6.45) is 2.68. The van der Waals surface area contributed by atoms with E-state index in [9.17, 15) is 14.4 Å².